The van der Waals surface area contributed by atoms with E-state index < -0.39 is 5.97 Å². The van der Waals surface area contributed by atoms with E-state index in [1.165, 1.54) is 7.11 Å². The van der Waals surface area contributed by atoms with E-state index in [-0.39, 0.29) is 5.56 Å². The smallest absolute Gasteiger partial charge is 0.339 e. The molecule has 0 bridgehead atoms. The average Bonchev–Trinajstić information content (AvgIpc) is 2.46. The van der Waals surface area contributed by atoms with Crippen LogP contribution in [-0.4, -0.2) is 18.2 Å². The highest BCUT2D eigenvalue weighted by Crippen LogP contribution is 2.27. The number of carboxylic acid groups (broad SMARTS) is 1. The van der Waals surface area contributed by atoms with E-state index >= 15 is 0 Å². The third-order valence-electron chi connectivity index (χ3n) is 2.72. The van der Waals surface area contributed by atoms with Crippen molar-refractivity contribution in [1.29, 1.82) is 0 Å². The number of halogens is 1. The maximum Gasteiger partial charge on any atom is 0.339 e. The van der Waals surface area contributed by atoms with Crippen LogP contribution in [0.15, 0.2) is 51.8 Å². The lowest BCUT2D eigenvalue weighted by Gasteiger charge is -2.08. The van der Waals surface area contributed by atoms with Crippen LogP contribution in [0.1, 0.15) is 15.9 Å². The number of hydrogen-bond donors (Lipinski definition) is 1. The van der Waals surface area contributed by atoms with Crippen LogP contribution in [0.5, 0.6) is 5.75 Å². The first-order valence-electron chi connectivity index (χ1n) is 5.88. The molecule has 0 atom stereocenters. The quantitative estimate of drug-likeness (QED) is 0.807. The van der Waals surface area contributed by atoms with Crippen LogP contribution in [0.2, 0.25) is 0 Å². The number of carbonyl (C=O) groups is 1. The van der Waals surface area contributed by atoms with Crippen molar-refractivity contribution < 1.29 is 14.6 Å². The first-order valence-corrected chi connectivity index (χ1v) is 7.66. The molecular formula is C15H13BrO3S. The Morgan fingerprint density at radius 2 is 1.95 bits per heavy atom. The summed E-state index contributed by atoms with van der Waals surface area (Å²) >= 11 is 5.09. The van der Waals surface area contributed by atoms with E-state index in [1.54, 1.807) is 23.9 Å². The third-order valence-corrected chi connectivity index (χ3v) is 4.33. The normalized spacial score (nSPS) is 10.3. The molecule has 5 heteroatoms. The van der Waals surface area contributed by atoms with Crippen LogP contribution in [0.3, 0.4) is 0 Å². The summed E-state index contributed by atoms with van der Waals surface area (Å²) in [6.45, 7) is 0. The van der Waals surface area contributed by atoms with Gasteiger partial charge in [-0.2, -0.15) is 0 Å². The molecule has 0 amide bonds. The van der Waals surface area contributed by atoms with E-state index in [1.807, 2.05) is 30.3 Å². The molecule has 104 valence electrons. The van der Waals surface area contributed by atoms with E-state index in [4.69, 9.17) is 9.84 Å². The maximum absolute atomic E-state index is 11.0. The molecule has 0 spiro atoms. The molecule has 0 unspecified atom stereocenters. The molecule has 0 saturated heterocycles. The third kappa shape index (κ3) is 3.77. The van der Waals surface area contributed by atoms with Gasteiger partial charge in [-0.1, -0.05) is 22.0 Å². The zero-order valence-electron chi connectivity index (χ0n) is 10.8. The molecule has 0 heterocycles. The molecule has 0 fully saturated rings. The van der Waals surface area contributed by atoms with E-state index in [2.05, 4.69) is 15.9 Å². The second-order valence-corrected chi connectivity index (χ2v) is 6.05. The van der Waals surface area contributed by atoms with Crippen LogP contribution in [0.4, 0.5) is 0 Å². The summed E-state index contributed by atoms with van der Waals surface area (Å²) < 4.78 is 6.17. The summed E-state index contributed by atoms with van der Waals surface area (Å²) in [5.74, 6) is 0.179. The van der Waals surface area contributed by atoms with Gasteiger partial charge in [0.15, 0.2) is 0 Å². The van der Waals surface area contributed by atoms with Gasteiger partial charge >= 0.3 is 5.97 Å². The molecule has 2 rings (SSSR count). The summed E-state index contributed by atoms with van der Waals surface area (Å²) in [6, 6.07) is 13.2. The number of hydrogen-bond acceptors (Lipinski definition) is 3. The van der Waals surface area contributed by atoms with Crippen LogP contribution in [0, 0.1) is 0 Å². The second-order valence-electron chi connectivity index (χ2n) is 4.08. The summed E-state index contributed by atoms with van der Waals surface area (Å²) in [5.41, 5.74) is 1.21. The zero-order chi connectivity index (χ0) is 14.5. The van der Waals surface area contributed by atoms with Crippen LogP contribution in [0.25, 0.3) is 0 Å². The van der Waals surface area contributed by atoms with Gasteiger partial charge in [0.05, 0.1) is 7.11 Å². The van der Waals surface area contributed by atoms with E-state index in [0.29, 0.717) is 5.75 Å². The van der Waals surface area contributed by atoms with Crippen molar-refractivity contribution in [3.63, 3.8) is 0 Å². The van der Waals surface area contributed by atoms with Crippen molar-refractivity contribution in [3.05, 3.63) is 58.1 Å². The van der Waals surface area contributed by atoms with Gasteiger partial charge < -0.3 is 9.84 Å². The number of thioether (sulfide) groups is 1. The van der Waals surface area contributed by atoms with E-state index in [0.717, 1.165) is 20.7 Å². The van der Waals surface area contributed by atoms with E-state index in [9.17, 15) is 4.79 Å². The highest BCUT2D eigenvalue weighted by Gasteiger charge is 2.11. The Balaban J connectivity index is 2.10. The lowest BCUT2D eigenvalue weighted by atomic mass is 10.1. The highest BCUT2D eigenvalue weighted by molar-refractivity contribution is 9.10. The molecule has 20 heavy (non-hydrogen) atoms. The summed E-state index contributed by atoms with van der Waals surface area (Å²) in [6.07, 6.45) is 0. The molecule has 3 nitrogen and oxygen atoms in total. The Bertz CT molecular complexity index is 611. The van der Waals surface area contributed by atoms with Gasteiger partial charge in [0, 0.05) is 15.1 Å². The van der Waals surface area contributed by atoms with Crippen molar-refractivity contribution in [1.82, 2.24) is 0 Å². The minimum absolute atomic E-state index is 0.185. The minimum atomic E-state index is -0.978. The Labute approximate surface area is 130 Å². The van der Waals surface area contributed by atoms with Crippen molar-refractivity contribution in [2.24, 2.45) is 0 Å². The molecule has 0 aliphatic rings. The van der Waals surface area contributed by atoms with Crippen LogP contribution in [-0.2, 0) is 5.75 Å². The first-order chi connectivity index (χ1) is 9.60. The van der Waals surface area contributed by atoms with Gasteiger partial charge in [-0.3, -0.25) is 0 Å². The fourth-order valence-corrected chi connectivity index (χ4v) is 2.81. The van der Waals surface area contributed by atoms with Gasteiger partial charge in [-0.25, -0.2) is 4.79 Å². The summed E-state index contributed by atoms with van der Waals surface area (Å²) in [7, 11) is 1.48. The molecule has 2 aromatic carbocycles. The fraction of sp³-hybridized carbons (Fsp3) is 0.133. The van der Waals surface area contributed by atoms with Gasteiger partial charge in [-0.15, -0.1) is 11.8 Å². The molecule has 2 aromatic rings. The van der Waals surface area contributed by atoms with Crippen LogP contribution >= 0.6 is 27.7 Å². The minimum Gasteiger partial charge on any atom is -0.496 e. The second kappa shape index (κ2) is 6.81. The highest BCUT2D eigenvalue weighted by atomic mass is 79.9. The van der Waals surface area contributed by atoms with Crippen LogP contribution < -0.4 is 4.74 Å². The molecule has 0 aliphatic carbocycles. The summed E-state index contributed by atoms with van der Waals surface area (Å²) in [5, 5.41) is 9.03. The Kier molecular flexibility index (Phi) is 5.09. The van der Waals surface area contributed by atoms with Crippen molar-refractivity contribution in [3.8, 4) is 5.75 Å². The lowest BCUT2D eigenvalue weighted by Crippen LogP contribution is -2.00. The average molecular weight is 353 g/mol. The summed E-state index contributed by atoms with van der Waals surface area (Å²) in [4.78, 5) is 12.2. The van der Waals surface area contributed by atoms with Gasteiger partial charge in [0.2, 0.25) is 0 Å². The van der Waals surface area contributed by atoms with Crippen molar-refractivity contribution in [2.75, 3.05) is 7.11 Å². The Hall–Kier alpha value is -1.46. The molecule has 0 radical (unpaired) electrons. The largest absolute Gasteiger partial charge is 0.496 e. The molecule has 0 aliphatic heterocycles. The molecular weight excluding hydrogens is 340 g/mol. The Morgan fingerprint density at radius 3 is 2.55 bits per heavy atom. The Morgan fingerprint density at radius 1 is 1.25 bits per heavy atom. The lowest BCUT2D eigenvalue weighted by molar-refractivity contribution is 0.0693. The van der Waals surface area contributed by atoms with Crippen molar-refractivity contribution >= 4 is 33.7 Å². The van der Waals surface area contributed by atoms with Gasteiger partial charge in [0.25, 0.3) is 0 Å². The first kappa shape index (κ1) is 14.9. The number of rotatable bonds is 5. The fourth-order valence-electron chi connectivity index (χ4n) is 1.70. The standard InChI is InChI=1S/C15H13BrO3S/c1-19-14-8-10(2-7-13(14)15(17)18)9-20-12-5-3-11(16)4-6-12/h2-8H,9H2,1H3,(H,17,18). The predicted molar refractivity (Wildman–Crippen MR) is 83.7 cm³/mol. The predicted octanol–water partition coefficient (Wildman–Crippen LogP) is 4.45. The SMILES string of the molecule is COc1cc(CSc2ccc(Br)cc2)ccc1C(=O)O. The number of aromatic carboxylic acids is 1. The maximum atomic E-state index is 11.0. The number of methoxy groups -OCH3 is 1. The van der Waals surface area contributed by atoms with Gasteiger partial charge in [-0.05, 0) is 42.0 Å². The number of carboxylic acids is 1. The molecule has 0 saturated carbocycles. The topological polar surface area (TPSA) is 46.5 Å². The van der Waals surface area contributed by atoms with Crippen molar-refractivity contribution in [2.45, 2.75) is 10.6 Å². The molecule has 1 N–H and O–H groups in total. The monoisotopic (exact) mass is 352 g/mol. The number of benzene rings is 2. The zero-order valence-corrected chi connectivity index (χ0v) is 13.2. The molecule has 0 aromatic heterocycles. The van der Waals surface area contributed by atoms with Gasteiger partial charge in [0.1, 0.15) is 11.3 Å². The number of ether oxygens (including phenoxy) is 1.